The van der Waals surface area contributed by atoms with Crippen LogP contribution >= 0.6 is 0 Å². The third-order valence-corrected chi connectivity index (χ3v) is 11.9. The largest absolute Gasteiger partial charge is 0.394 e. The summed E-state index contributed by atoms with van der Waals surface area (Å²) in [5.74, 6) is -0.173. The summed E-state index contributed by atoms with van der Waals surface area (Å²) in [5.41, 5.74) is 0. The highest BCUT2D eigenvalue weighted by molar-refractivity contribution is 5.76. The Balaban J connectivity index is 2.25. The first-order valence-corrected chi connectivity index (χ1v) is 24.4. The Labute approximate surface area is 350 Å². The molecule has 0 saturated carbocycles. The van der Waals surface area contributed by atoms with Gasteiger partial charge in [-0.15, -0.1) is 0 Å². The number of carbonyl (C=O) groups is 1. The maximum absolute atomic E-state index is 13.0. The monoisotopic (exact) mass is 812 g/mol. The molecule has 2 unspecified atom stereocenters. The number of unbranched alkanes of at least 4 members (excludes halogenated alkanes) is 31. The average molecular weight is 812 g/mol. The fraction of sp³-hybridized carbons (Fsp3) is 0.938. The van der Waals surface area contributed by atoms with Crippen molar-refractivity contribution in [2.75, 3.05) is 13.2 Å². The molecule has 9 nitrogen and oxygen atoms in total. The molecule has 0 aromatic rings. The summed E-state index contributed by atoms with van der Waals surface area (Å²) in [6.07, 6.45) is 38.3. The minimum Gasteiger partial charge on any atom is -0.394 e. The van der Waals surface area contributed by atoms with E-state index < -0.39 is 49.5 Å². The predicted octanol–water partition coefficient (Wildman–Crippen LogP) is 10.5. The van der Waals surface area contributed by atoms with Crippen molar-refractivity contribution in [2.24, 2.45) is 0 Å². The summed E-state index contributed by atoms with van der Waals surface area (Å²) in [6.45, 7) is 3.78. The van der Waals surface area contributed by atoms with Crippen LogP contribution in [-0.4, -0.2) is 87.5 Å². The fourth-order valence-corrected chi connectivity index (χ4v) is 7.92. The number of rotatable bonds is 41. The fourth-order valence-electron chi connectivity index (χ4n) is 7.92. The molecule has 9 heteroatoms. The van der Waals surface area contributed by atoms with Crippen molar-refractivity contribution in [3.63, 3.8) is 0 Å². The van der Waals surface area contributed by atoms with Crippen LogP contribution in [0.15, 0.2) is 12.2 Å². The molecule has 0 radical (unpaired) electrons. The van der Waals surface area contributed by atoms with Gasteiger partial charge in [0, 0.05) is 6.42 Å². The van der Waals surface area contributed by atoms with Crippen LogP contribution in [0, 0.1) is 0 Å². The molecule has 6 N–H and O–H groups in total. The third kappa shape index (κ3) is 29.7. The highest BCUT2D eigenvalue weighted by Crippen LogP contribution is 2.23. The lowest BCUT2D eigenvalue weighted by molar-refractivity contribution is -0.302. The van der Waals surface area contributed by atoms with Crippen LogP contribution in [0.25, 0.3) is 0 Å². The second kappa shape index (κ2) is 39.1. The van der Waals surface area contributed by atoms with Crippen molar-refractivity contribution in [1.82, 2.24) is 5.32 Å². The van der Waals surface area contributed by atoms with E-state index in [1.165, 1.54) is 173 Å². The summed E-state index contributed by atoms with van der Waals surface area (Å²) in [5, 5.41) is 54.2. The van der Waals surface area contributed by atoms with Gasteiger partial charge in [0.1, 0.15) is 24.4 Å². The van der Waals surface area contributed by atoms with Gasteiger partial charge >= 0.3 is 0 Å². The molecule has 1 aliphatic rings. The van der Waals surface area contributed by atoms with Gasteiger partial charge in [-0.05, 0) is 19.3 Å². The molecule has 338 valence electrons. The zero-order valence-corrected chi connectivity index (χ0v) is 37.1. The van der Waals surface area contributed by atoms with Crippen LogP contribution in [0.2, 0.25) is 0 Å². The van der Waals surface area contributed by atoms with Gasteiger partial charge in [0.25, 0.3) is 0 Å². The first-order valence-electron chi connectivity index (χ1n) is 24.4. The zero-order valence-electron chi connectivity index (χ0n) is 37.1. The van der Waals surface area contributed by atoms with Crippen LogP contribution in [0.4, 0.5) is 0 Å². The first-order chi connectivity index (χ1) is 27.8. The van der Waals surface area contributed by atoms with E-state index in [2.05, 4.69) is 19.2 Å². The summed E-state index contributed by atoms with van der Waals surface area (Å²) >= 11 is 0. The number of hydrogen-bond acceptors (Lipinski definition) is 8. The Morgan fingerprint density at radius 1 is 0.579 bits per heavy atom. The molecule has 0 aromatic carbocycles. The molecule has 1 aliphatic heterocycles. The number of aliphatic hydroxyl groups is 5. The highest BCUT2D eigenvalue weighted by Gasteiger charge is 2.44. The van der Waals surface area contributed by atoms with Gasteiger partial charge in [0.05, 0.1) is 25.4 Å². The van der Waals surface area contributed by atoms with Gasteiger partial charge in [-0.3, -0.25) is 4.79 Å². The van der Waals surface area contributed by atoms with Gasteiger partial charge in [0.15, 0.2) is 6.29 Å². The first kappa shape index (κ1) is 53.9. The summed E-state index contributed by atoms with van der Waals surface area (Å²) in [7, 11) is 0. The van der Waals surface area contributed by atoms with Crippen LogP contribution < -0.4 is 5.32 Å². The molecule has 1 saturated heterocycles. The van der Waals surface area contributed by atoms with E-state index in [9.17, 15) is 30.3 Å². The summed E-state index contributed by atoms with van der Waals surface area (Å²) in [6, 6.07) is -0.798. The standard InChI is InChI=1S/C48H93NO8/c1-3-5-7-9-11-13-15-17-18-19-20-21-22-23-24-25-26-28-30-32-34-36-38-44(52)49-41(40-56-48-47(55)46(54)45(53)43(39-50)57-48)42(51)37-35-33-31-29-27-16-14-12-10-8-6-4-2/h35,37,41-43,45-48,50-51,53-55H,3-34,36,38-40H2,1-2H3,(H,49,52)/b37-35+/t41-,42+,43+,45+,46?,47?,48+/m0/s1. The lowest BCUT2D eigenvalue weighted by Crippen LogP contribution is -2.60. The number of allylic oxidation sites excluding steroid dienone is 1. The van der Waals surface area contributed by atoms with Crippen LogP contribution in [0.3, 0.4) is 0 Å². The second-order valence-corrected chi connectivity index (χ2v) is 17.3. The molecular formula is C48H93NO8. The lowest BCUT2D eigenvalue weighted by atomic mass is 9.99. The minimum atomic E-state index is -1.56. The number of amides is 1. The lowest BCUT2D eigenvalue weighted by Gasteiger charge is -2.40. The third-order valence-electron chi connectivity index (χ3n) is 11.9. The molecule has 1 heterocycles. The van der Waals surface area contributed by atoms with E-state index in [0.29, 0.717) is 6.42 Å². The Morgan fingerprint density at radius 2 is 0.965 bits per heavy atom. The van der Waals surface area contributed by atoms with Gasteiger partial charge in [0.2, 0.25) is 5.91 Å². The normalized spacial score (nSPS) is 21.0. The van der Waals surface area contributed by atoms with Crippen molar-refractivity contribution < 1.29 is 39.8 Å². The molecular weight excluding hydrogens is 719 g/mol. The molecule has 0 spiro atoms. The molecule has 1 fully saturated rings. The zero-order chi connectivity index (χ0) is 41.6. The van der Waals surface area contributed by atoms with Crippen molar-refractivity contribution in [3.05, 3.63) is 12.2 Å². The van der Waals surface area contributed by atoms with Gasteiger partial charge < -0.3 is 40.3 Å². The highest BCUT2D eigenvalue weighted by atomic mass is 16.7. The van der Waals surface area contributed by atoms with E-state index >= 15 is 0 Å². The Bertz CT molecular complexity index is 904. The van der Waals surface area contributed by atoms with Crippen LogP contribution in [0.5, 0.6) is 0 Å². The van der Waals surface area contributed by atoms with E-state index in [1.54, 1.807) is 6.08 Å². The molecule has 1 rings (SSSR count). The summed E-state index contributed by atoms with van der Waals surface area (Å²) in [4.78, 5) is 13.0. The van der Waals surface area contributed by atoms with Crippen LogP contribution in [0.1, 0.15) is 232 Å². The maximum Gasteiger partial charge on any atom is 0.220 e. The predicted molar refractivity (Wildman–Crippen MR) is 235 cm³/mol. The van der Waals surface area contributed by atoms with E-state index in [0.717, 1.165) is 38.5 Å². The molecule has 1 amide bonds. The number of aliphatic hydroxyl groups excluding tert-OH is 5. The average Bonchev–Trinajstić information content (AvgIpc) is 3.21. The van der Waals surface area contributed by atoms with Crippen LogP contribution in [-0.2, 0) is 14.3 Å². The second-order valence-electron chi connectivity index (χ2n) is 17.3. The summed E-state index contributed by atoms with van der Waals surface area (Å²) < 4.78 is 11.2. The topological polar surface area (TPSA) is 149 Å². The van der Waals surface area contributed by atoms with E-state index in [4.69, 9.17) is 9.47 Å². The van der Waals surface area contributed by atoms with Crippen molar-refractivity contribution >= 4 is 5.91 Å². The Kier molecular flexibility index (Phi) is 37.0. The van der Waals surface area contributed by atoms with Crippen molar-refractivity contribution in [1.29, 1.82) is 0 Å². The van der Waals surface area contributed by atoms with E-state index in [-0.39, 0.29) is 12.5 Å². The van der Waals surface area contributed by atoms with Crippen molar-refractivity contribution in [2.45, 2.75) is 275 Å². The SMILES string of the molecule is CCCCCCCCCCCC/C=C/[C@@H](O)[C@H](CO[C@@H]1O[C@H](CO)[C@@H](O)C(O)C1O)NC(=O)CCCCCCCCCCCCCCCCCCCCCCCC. The number of ether oxygens (including phenoxy) is 2. The Hall–Kier alpha value is -1.07. The van der Waals surface area contributed by atoms with Gasteiger partial charge in [-0.2, -0.15) is 0 Å². The molecule has 0 aliphatic carbocycles. The smallest absolute Gasteiger partial charge is 0.220 e. The molecule has 7 atom stereocenters. The quantitative estimate of drug-likeness (QED) is 0.0264. The van der Waals surface area contributed by atoms with Crippen molar-refractivity contribution in [3.8, 4) is 0 Å². The molecule has 0 aromatic heterocycles. The Morgan fingerprint density at radius 3 is 1.37 bits per heavy atom. The maximum atomic E-state index is 13.0. The number of nitrogens with one attached hydrogen (secondary N) is 1. The van der Waals surface area contributed by atoms with Gasteiger partial charge in [-0.1, -0.05) is 219 Å². The minimum absolute atomic E-state index is 0.173. The molecule has 57 heavy (non-hydrogen) atoms. The van der Waals surface area contributed by atoms with E-state index in [1.807, 2.05) is 6.08 Å². The number of hydrogen-bond donors (Lipinski definition) is 6. The number of carbonyl (C=O) groups excluding carboxylic acids is 1. The van der Waals surface area contributed by atoms with Gasteiger partial charge in [-0.25, -0.2) is 0 Å². The molecule has 0 bridgehead atoms.